The topological polar surface area (TPSA) is 98.2 Å². The van der Waals surface area contributed by atoms with Gasteiger partial charge in [-0.2, -0.15) is 0 Å². The van der Waals surface area contributed by atoms with E-state index in [-0.39, 0.29) is 38.2 Å². The molecule has 356 valence electrons. The molecule has 8 aromatic rings. The molecule has 9 heteroatoms. The van der Waals surface area contributed by atoms with Gasteiger partial charge in [0.1, 0.15) is 11.2 Å². The van der Waals surface area contributed by atoms with Crippen molar-refractivity contribution in [2.75, 3.05) is 39.6 Å². The van der Waals surface area contributed by atoms with E-state index in [1.54, 1.807) is 12.4 Å². The van der Waals surface area contributed by atoms with Crippen LogP contribution in [0.2, 0.25) is 0 Å². The fourth-order valence-corrected chi connectivity index (χ4v) is 8.96. The van der Waals surface area contributed by atoms with Gasteiger partial charge in [0.25, 0.3) is 0 Å². The highest BCUT2D eigenvalue weighted by Crippen LogP contribution is 2.44. The van der Waals surface area contributed by atoms with Crippen LogP contribution in [0.3, 0.4) is 0 Å². The number of benzene rings is 6. The van der Waals surface area contributed by atoms with Crippen LogP contribution in [0.15, 0.2) is 219 Å². The molecule has 0 radical (unpaired) electrons. The molecule has 9 nitrogen and oxygen atoms in total. The first-order valence-corrected chi connectivity index (χ1v) is 24.1. The lowest BCUT2D eigenvalue weighted by Crippen LogP contribution is -2.35. The molecule has 0 saturated carbocycles. The largest absolute Gasteiger partial charge is 0.522 e. The quantitative estimate of drug-likeness (QED) is 0.0333. The Labute approximate surface area is 412 Å². The maximum Gasteiger partial charge on any atom is 0.522 e. The van der Waals surface area contributed by atoms with Gasteiger partial charge in [0.05, 0.1) is 26.4 Å². The molecule has 0 aliphatic carbocycles. The molecule has 70 heavy (non-hydrogen) atoms. The van der Waals surface area contributed by atoms with Crippen LogP contribution in [0.5, 0.6) is 11.8 Å². The Bertz CT molecular complexity index is 2400. The predicted molar refractivity (Wildman–Crippen MR) is 273 cm³/mol. The third-order valence-electron chi connectivity index (χ3n) is 12.3. The summed E-state index contributed by atoms with van der Waals surface area (Å²) in [6, 6.07) is 68.7. The summed E-state index contributed by atoms with van der Waals surface area (Å²) in [5.74, 6) is -0.679. The summed E-state index contributed by atoms with van der Waals surface area (Å²) in [7, 11) is 0. The molecule has 0 spiro atoms. The SMILES string of the molecule is CCCOC[C@H](COC(c1ccccc1)(c1ccccc1)c1ccccc1)c1cccnc1OC(=O)Oc1ncccc1[C@H](COCCC)COC(c1ccccc1)(c1ccccc1)c1ccccc1. The van der Waals surface area contributed by atoms with Gasteiger partial charge in [-0.3, -0.25) is 0 Å². The average Bonchev–Trinajstić information content (AvgIpc) is 3.42. The highest BCUT2D eigenvalue weighted by Gasteiger charge is 2.40. The minimum Gasteiger partial charge on any atom is -0.381 e. The Morgan fingerprint density at radius 1 is 0.400 bits per heavy atom. The molecule has 0 unspecified atom stereocenters. The number of nitrogens with zero attached hydrogens (tertiary/aromatic N) is 2. The Morgan fingerprint density at radius 3 is 0.957 bits per heavy atom. The minimum atomic E-state index is -0.998. The van der Waals surface area contributed by atoms with E-state index < -0.39 is 29.2 Å². The molecule has 0 aliphatic heterocycles. The monoisotopic (exact) mass is 932 g/mol. The summed E-state index contributed by atoms with van der Waals surface area (Å²) >= 11 is 0. The van der Waals surface area contributed by atoms with Gasteiger partial charge >= 0.3 is 6.16 Å². The summed E-state index contributed by atoms with van der Waals surface area (Å²) in [6.07, 6.45) is 3.82. The highest BCUT2D eigenvalue weighted by atomic mass is 16.7. The van der Waals surface area contributed by atoms with Crippen molar-refractivity contribution in [1.29, 1.82) is 0 Å². The molecule has 0 amide bonds. The molecule has 0 saturated heterocycles. The van der Waals surface area contributed by atoms with Crippen LogP contribution >= 0.6 is 0 Å². The van der Waals surface area contributed by atoms with Gasteiger partial charge in [-0.05, 0) is 58.4 Å². The van der Waals surface area contributed by atoms with E-state index in [0.29, 0.717) is 24.3 Å². The Balaban J connectivity index is 1.09. The fourth-order valence-electron chi connectivity index (χ4n) is 8.96. The molecular formula is C61H60N2O7. The van der Waals surface area contributed by atoms with E-state index in [4.69, 9.17) is 28.4 Å². The van der Waals surface area contributed by atoms with Crippen molar-refractivity contribution in [3.05, 3.63) is 263 Å². The van der Waals surface area contributed by atoms with Crippen molar-refractivity contribution in [2.45, 2.75) is 49.7 Å². The van der Waals surface area contributed by atoms with E-state index in [0.717, 1.165) is 46.2 Å². The fraction of sp³-hybridized carbons (Fsp3) is 0.230. The van der Waals surface area contributed by atoms with Gasteiger partial charge in [-0.15, -0.1) is 0 Å². The molecule has 0 aliphatic rings. The van der Waals surface area contributed by atoms with Gasteiger partial charge in [0, 0.05) is 48.6 Å². The van der Waals surface area contributed by atoms with E-state index in [1.807, 2.05) is 133 Å². The Morgan fingerprint density at radius 2 is 0.686 bits per heavy atom. The lowest BCUT2D eigenvalue weighted by atomic mass is 9.80. The second-order valence-electron chi connectivity index (χ2n) is 17.0. The van der Waals surface area contributed by atoms with Crippen molar-refractivity contribution in [1.82, 2.24) is 9.97 Å². The number of ether oxygens (including phenoxy) is 6. The first-order chi connectivity index (χ1) is 34.6. The number of rotatable bonds is 24. The van der Waals surface area contributed by atoms with Gasteiger partial charge in [0.2, 0.25) is 11.8 Å². The van der Waals surface area contributed by atoms with Crippen LogP contribution in [0, 0.1) is 0 Å². The second kappa shape index (κ2) is 24.8. The number of carbonyl (C=O) groups is 1. The summed E-state index contributed by atoms with van der Waals surface area (Å²) in [4.78, 5) is 23.3. The summed E-state index contributed by atoms with van der Waals surface area (Å²) in [5, 5.41) is 0. The van der Waals surface area contributed by atoms with Crippen molar-refractivity contribution in [3.63, 3.8) is 0 Å². The molecule has 2 aromatic heterocycles. The zero-order valence-electron chi connectivity index (χ0n) is 39.8. The maximum atomic E-state index is 14.1. The number of hydrogen-bond acceptors (Lipinski definition) is 9. The summed E-state index contributed by atoms with van der Waals surface area (Å²) < 4.78 is 39.2. The normalized spacial score (nSPS) is 12.5. The lowest BCUT2D eigenvalue weighted by Gasteiger charge is -2.37. The van der Waals surface area contributed by atoms with Crippen LogP contribution in [0.4, 0.5) is 4.79 Å². The molecular weight excluding hydrogens is 873 g/mol. The van der Waals surface area contributed by atoms with E-state index >= 15 is 0 Å². The third-order valence-corrected chi connectivity index (χ3v) is 12.3. The number of pyridine rings is 2. The maximum absolute atomic E-state index is 14.1. The molecule has 2 atom stereocenters. The zero-order chi connectivity index (χ0) is 48.3. The molecule has 0 fully saturated rings. The molecule has 0 N–H and O–H groups in total. The van der Waals surface area contributed by atoms with E-state index in [1.165, 1.54) is 0 Å². The van der Waals surface area contributed by atoms with Crippen LogP contribution in [0.1, 0.15) is 83.0 Å². The van der Waals surface area contributed by atoms with Crippen LogP contribution in [-0.2, 0) is 30.1 Å². The Kier molecular flexibility index (Phi) is 17.4. The summed E-state index contributed by atoms with van der Waals surface area (Å²) in [5.41, 5.74) is 5.06. The molecule has 2 heterocycles. The number of hydrogen-bond donors (Lipinski definition) is 0. The smallest absolute Gasteiger partial charge is 0.381 e. The highest BCUT2D eigenvalue weighted by molar-refractivity contribution is 5.67. The summed E-state index contributed by atoms with van der Waals surface area (Å²) in [6.45, 7) is 6.12. The zero-order valence-corrected chi connectivity index (χ0v) is 39.8. The van der Waals surface area contributed by atoms with Gasteiger partial charge < -0.3 is 28.4 Å². The second-order valence-corrected chi connectivity index (χ2v) is 17.0. The third kappa shape index (κ3) is 11.6. The first-order valence-electron chi connectivity index (χ1n) is 24.1. The molecule has 0 bridgehead atoms. The predicted octanol–water partition coefficient (Wildman–Crippen LogP) is 13.1. The lowest BCUT2D eigenvalue weighted by molar-refractivity contribution is -0.0116. The standard InChI is InChI=1S/C61H60N2O7/c1-3-41-65-43-47(45-67-60(49-25-11-5-12-26-49,50-27-13-6-14-28-50)51-29-15-7-16-30-51)55-37-23-39-62-57(55)69-59(64)70-58-56(38-24-40-63-58)48(44-66-42-4-2)46-68-61(52-31-17-8-18-32-52,53-33-19-9-20-34-53)54-35-21-10-22-36-54/h5-40,47-48H,3-4,41-46H2,1-2H3/t47-,48-/m1/s1. The minimum absolute atomic E-state index is 0.0768. The number of carbonyl (C=O) groups excluding carboxylic acids is 1. The van der Waals surface area contributed by atoms with E-state index in [9.17, 15) is 4.79 Å². The average molecular weight is 933 g/mol. The molecule has 6 aromatic carbocycles. The van der Waals surface area contributed by atoms with Crippen LogP contribution < -0.4 is 9.47 Å². The molecule has 8 rings (SSSR count). The Hall–Kier alpha value is -7.27. The van der Waals surface area contributed by atoms with Crippen LogP contribution in [-0.4, -0.2) is 55.8 Å². The van der Waals surface area contributed by atoms with Gasteiger partial charge in [-0.1, -0.05) is 208 Å². The first kappa shape index (κ1) is 49.2. The van der Waals surface area contributed by atoms with Gasteiger partial charge in [0.15, 0.2) is 0 Å². The van der Waals surface area contributed by atoms with Crippen molar-refractivity contribution < 1.29 is 33.2 Å². The van der Waals surface area contributed by atoms with Crippen molar-refractivity contribution in [3.8, 4) is 11.8 Å². The van der Waals surface area contributed by atoms with E-state index in [2.05, 4.69) is 96.6 Å². The van der Waals surface area contributed by atoms with Gasteiger partial charge in [-0.25, -0.2) is 14.8 Å². The number of aromatic nitrogens is 2. The van der Waals surface area contributed by atoms with Crippen molar-refractivity contribution in [2.24, 2.45) is 0 Å². The van der Waals surface area contributed by atoms with Crippen LogP contribution in [0.25, 0.3) is 0 Å². The van der Waals surface area contributed by atoms with Crippen molar-refractivity contribution >= 4 is 6.16 Å².